The third-order valence-electron chi connectivity index (χ3n) is 8.29. The van der Waals surface area contributed by atoms with E-state index in [0.29, 0.717) is 30.0 Å². The number of H-pyrrole nitrogens is 1. The number of aromatic amines is 1. The number of nitrogens with one attached hydrogen (secondary N) is 1. The van der Waals surface area contributed by atoms with E-state index in [4.69, 9.17) is 21.1 Å². The van der Waals surface area contributed by atoms with Gasteiger partial charge in [-0.2, -0.15) is 5.21 Å². The molecule has 0 aliphatic carbocycles. The lowest BCUT2D eigenvalue weighted by molar-refractivity contribution is -0.763. The van der Waals surface area contributed by atoms with Crippen molar-refractivity contribution in [1.82, 2.24) is 30.2 Å². The fraction of sp³-hybridized carbons (Fsp3) is 0.333. The number of aromatic nitrogens is 6. The first-order valence-corrected chi connectivity index (χ1v) is 16.9. The highest BCUT2D eigenvalue weighted by Crippen LogP contribution is 2.30. The van der Waals surface area contributed by atoms with Crippen molar-refractivity contribution in [3.8, 4) is 28.3 Å². The molecule has 2 aromatic heterocycles. The minimum atomic E-state index is -0.899. The van der Waals surface area contributed by atoms with Crippen LogP contribution in [0.4, 0.5) is 0 Å². The quantitative estimate of drug-likeness (QED) is 0.0464. The Morgan fingerprint density at radius 3 is 2.45 bits per heavy atom. The summed E-state index contributed by atoms with van der Waals surface area (Å²) in [5.41, 5.74) is 4.80. The molecule has 5 aromatic rings. The second kappa shape index (κ2) is 17.3. The molecular formula is C36H38ClN7O7. The Balaban J connectivity index is 1.27. The van der Waals surface area contributed by atoms with E-state index in [0.717, 1.165) is 40.9 Å². The third kappa shape index (κ3) is 9.75. The van der Waals surface area contributed by atoms with Gasteiger partial charge >= 0.3 is 11.9 Å². The summed E-state index contributed by atoms with van der Waals surface area (Å²) in [6, 6.07) is 22.2. The van der Waals surface area contributed by atoms with Gasteiger partial charge in [-0.05, 0) is 51.9 Å². The molecule has 1 atom stereocenters. The monoisotopic (exact) mass is 715 g/mol. The summed E-state index contributed by atoms with van der Waals surface area (Å²) in [6.45, 7) is 5.74. The van der Waals surface area contributed by atoms with E-state index in [-0.39, 0.29) is 36.5 Å². The van der Waals surface area contributed by atoms with Gasteiger partial charge in [-0.1, -0.05) is 99.5 Å². The number of aryl methyl sites for hydroxylation is 1. The van der Waals surface area contributed by atoms with E-state index in [2.05, 4.69) is 37.4 Å². The van der Waals surface area contributed by atoms with Crippen molar-refractivity contribution in [1.29, 1.82) is 0 Å². The number of nitrogens with zero attached hydrogens (tertiary/aromatic N) is 6. The van der Waals surface area contributed by atoms with Gasteiger partial charge in [0.25, 0.3) is 5.09 Å². The predicted octanol–water partition coefficient (Wildman–Crippen LogP) is 6.79. The van der Waals surface area contributed by atoms with E-state index in [9.17, 15) is 19.7 Å². The molecule has 0 spiro atoms. The van der Waals surface area contributed by atoms with Gasteiger partial charge in [0.15, 0.2) is 5.15 Å². The van der Waals surface area contributed by atoms with Crippen LogP contribution in [0.1, 0.15) is 62.7 Å². The van der Waals surface area contributed by atoms with Gasteiger partial charge in [0, 0.05) is 18.5 Å². The Morgan fingerprint density at radius 1 is 1.00 bits per heavy atom. The molecule has 0 saturated heterocycles. The van der Waals surface area contributed by atoms with Crippen molar-refractivity contribution in [2.75, 3.05) is 0 Å². The maximum atomic E-state index is 13.1. The van der Waals surface area contributed by atoms with Crippen molar-refractivity contribution < 1.29 is 29.0 Å². The molecule has 51 heavy (non-hydrogen) atoms. The summed E-state index contributed by atoms with van der Waals surface area (Å²) >= 11 is 6.64. The van der Waals surface area contributed by atoms with Crippen molar-refractivity contribution >= 4 is 23.5 Å². The zero-order valence-corrected chi connectivity index (χ0v) is 29.2. The van der Waals surface area contributed by atoms with Crippen LogP contribution in [0.2, 0.25) is 5.15 Å². The molecule has 3 aromatic carbocycles. The molecule has 5 rings (SSSR count). The molecular weight excluding hydrogens is 678 g/mol. The number of benzene rings is 3. The van der Waals surface area contributed by atoms with Crippen LogP contribution in [0.5, 0.6) is 5.75 Å². The maximum Gasteiger partial charge on any atom is 0.315 e. The van der Waals surface area contributed by atoms with Gasteiger partial charge < -0.3 is 18.9 Å². The Labute approximate surface area is 299 Å². The highest BCUT2D eigenvalue weighted by molar-refractivity contribution is 6.30. The summed E-state index contributed by atoms with van der Waals surface area (Å²) in [4.78, 5) is 45.8. The van der Waals surface area contributed by atoms with E-state index in [1.807, 2.05) is 66.9 Å². The fourth-order valence-electron chi connectivity index (χ4n) is 5.53. The number of tetrazole rings is 1. The smallest absolute Gasteiger partial charge is 0.315 e. The molecule has 2 heterocycles. The molecule has 0 saturated carbocycles. The van der Waals surface area contributed by atoms with E-state index in [1.54, 1.807) is 18.2 Å². The van der Waals surface area contributed by atoms with Gasteiger partial charge in [-0.25, -0.2) is 4.98 Å². The number of hydrogen-bond acceptors (Lipinski definition) is 11. The largest absolute Gasteiger partial charge is 0.459 e. The lowest BCUT2D eigenvalue weighted by Gasteiger charge is -2.19. The van der Waals surface area contributed by atoms with Crippen LogP contribution < -0.4 is 4.74 Å². The zero-order chi connectivity index (χ0) is 36.3. The van der Waals surface area contributed by atoms with Gasteiger partial charge in [-0.15, -0.1) is 20.3 Å². The number of imidazole rings is 1. The maximum absolute atomic E-state index is 13.1. The molecule has 14 nitrogen and oxygen atoms in total. The van der Waals surface area contributed by atoms with E-state index < -0.39 is 22.9 Å². The molecule has 0 bridgehead atoms. The number of rotatable bonds is 17. The summed E-state index contributed by atoms with van der Waals surface area (Å²) in [6.07, 6.45) is 2.35. The second-order valence-corrected chi connectivity index (χ2v) is 12.6. The average Bonchev–Trinajstić information content (AvgIpc) is 3.76. The summed E-state index contributed by atoms with van der Waals surface area (Å²) in [7, 11) is 0. The van der Waals surface area contributed by atoms with Gasteiger partial charge in [0.1, 0.15) is 24.8 Å². The number of esters is 2. The number of unbranched alkanes of at least 4 members (excludes halogenated alkanes) is 1. The number of halogens is 1. The molecule has 1 N–H and O–H groups in total. The van der Waals surface area contributed by atoms with Gasteiger partial charge in [0.05, 0.1) is 18.0 Å². The van der Waals surface area contributed by atoms with Crippen LogP contribution in [0.15, 0.2) is 72.8 Å². The summed E-state index contributed by atoms with van der Waals surface area (Å²) in [5.74, 6) is -0.794. The fourth-order valence-corrected chi connectivity index (χ4v) is 5.78. The lowest BCUT2D eigenvalue weighted by Crippen LogP contribution is -2.28. The van der Waals surface area contributed by atoms with Crippen molar-refractivity contribution in [2.45, 2.75) is 66.2 Å². The Hall–Kier alpha value is -5.63. The van der Waals surface area contributed by atoms with Gasteiger partial charge in [0.2, 0.25) is 5.82 Å². The molecule has 0 aliphatic rings. The van der Waals surface area contributed by atoms with Crippen LogP contribution in [0.25, 0.3) is 22.5 Å². The molecule has 0 fully saturated rings. The normalized spacial score (nSPS) is 11.7. The second-order valence-electron chi connectivity index (χ2n) is 12.2. The Bertz CT molecular complexity index is 1950. The first kappa shape index (κ1) is 36.6. The first-order valence-electron chi connectivity index (χ1n) is 16.5. The highest BCUT2D eigenvalue weighted by Gasteiger charge is 2.29. The molecule has 0 aliphatic heterocycles. The van der Waals surface area contributed by atoms with Crippen LogP contribution in [-0.4, -0.2) is 47.2 Å². The van der Waals surface area contributed by atoms with Crippen molar-refractivity contribution in [3.05, 3.63) is 111 Å². The van der Waals surface area contributed by atoms with Crippen LogP contribution in [0.3, 0.4) is 0 Å². The topological polar surface area (TPSA) is 177 Å². The SMILES string of the molecule is CCCCc1nc(Cl)c(COC(=O)CC(C(=O)Oc2cccc(CO[N+](=O)[O-])c2)C(C)C)n1Cc1ccc(-c2ccccc2-c2nn[nH]n2)cc1. The third-order valence-corrected chi connectivity index (χ3v) is 8.60. The predicted molar refractivity (Wildman–Crippen MR) is 187 cm³/mol. The van der Waals surface area contributed by atoms with Crippen LogP contribution in [0, 0.1) is 22.0 Å². The van der Waals surface area contributed by atoms with Crippen molar-refractivity contribution in [3.63, 3.8) is 0 Å². The molecule has 0 radical (unpaired) electrons. The van der Waals surface area contributed by atoms with Crippen LogP contribution in [-0.2, 0) is 45.3 Å². The van der Waals surface area contributed by atoms with E-state index in [1.165, 1.54) is 6.07 Å². The molecule has 266 valence electrons. The van der Waals surface area contributed by atoms with Crippen molar-refractivity contribution in [2.24, 2.45) is 11.8 Å². The number of carbonyl (C=O) groups excluding carboxylic acids is 2. The Kier molecular flexibility index (Phi) is 12.5. The molecule has 1 unspecified atom stereocenters. The lowest BCUT2D eigenvalue weighted by atomic mass is 9.92. The Morgan fingerprint density at radius 2 is 1.76 bits per heavy atom. The molecule has 15 heteroatoms. The van der Waals surface area contributed by atoms with E-state index >= 15 is 0 Å². The first-order chi connectivity index (χ1) is 24.6. The summed E-state index contributed by atoms with van der Waals surface area (Å²) in [5, 5.41) is 24.4. The van der Waals surface area contributed by atoms with Crippen LogP contribution >= 0.6 is 11.6 Å². The molecule has 0 amide bonds. The number of carbonyl (C=O) groups is 2. The number of ether oxygens (including phenoxy) is 2. The number of hydrogen-bond donors (Lipinski definition) is 1. The highest BCUT2D eigenvalue weighted by atomic mass is 35.5. The minimum absolute atomic E-state index is 0.134. The minimum Gasteiger partial charge on any atom is -0.459 e. The summed E-state index contributed by atoms with van der Waals surface area (Å²) < 4.78 is 13.2. The standard InChI is InChI=1S/C36H38ClN7O7/c1-4-5-13-32-38-34(37)31(43(32)20-24-14-16-26(17-15-24)28-11-6-7-12-29(28)35-39-41-42-40-35)22-49-33(45)19-30(23(2)3)36(46)51-27-10-8-9-25(18-27)21-50-44(47)48/h6-12,14-18,23,30H,4-5,13,19-22H2,1-3H3,(H,39,40,41,42). The zero-order valence-electron chi connectivity index (χ0n) is 28.5. The van der Waals surface area contributed by atoms with Gasteiger partial charge in [-0.3, -0.25) is 9.59 Å². The average molecular weight is 716 g/mol.